The van der Waals surface area contributed by atoms with Crippen molar-refractivity contribution < 1.29 is 4.74 Å². The molecule has 0 heterocycles. The molecule has 2 fully saturated rings. The molecule has 0 saturated heterocycles. The highest BCUT2D eigenvalue weighted by atomic mass is 16.5. The first kappa shape index (κ1) is 11.0. The van der Waals surface area contributed by atoms with Crippen molar-refractivity contribution in [1.29, 1.82) is 5.26 Å². The van der Waals surface area contributed by atoms with Gasteiger partial charge in [-0.3, -0.25) is 0 Å². The second-order valence-electron chi connectivity index (χ2n) is 5.25. The van der Waals surface area contributed by atoms with Crippen molar-refractivity contribution in [3.05, 3.63) is 0 Å². The molecular weight excluding hydrogens is 186 g/mol. The van der Waals surface area contributed by atoms with Gasteiger partial charge in [-0.1, -0.05) is 12.8 Å². The van der Waals surface area contributed by atoms with Crippen LogP contribution in [0.15, 0.2) is 0 Å². The van der Waals surface area contributed by atoms with Crippen LogP contribution < -0.4 is 0 Å². The smallest absolute Gasteiger partial charge is 0.154 e. The maximum Gasteiger partial charge on any atom is 0.154 e. The molecule has 2 aliphatic rings. The van der Waals surface area contributed by atoms with E-state index in [1.54, 1.807) is 0 Å². The lowest BCUT2D eigenvalue weighted by atomic mass is 9.68. The lowest BCUT2D eigenvalue weighted by molar-refractivity contribution is -0.0475. The summed E-state index contributed by atoms with van der Waals surface area (Å²) in [5.41, 5.74) is 0.153. The van der Waals surface area contributed by atoms with E-state index < -0.39 is 5.60 Å². The van der Waals surface area contributed by atoms with Gasteiger partial charge in [0.15, 0.2) is 5.60 Å². The third-order valence-corrected chi connectivity index (χ3v) is 4.41. The summed E-state index contributed by atoms with van der Waals surface area (Å²) in [5.74, 6) is 0. The highest BCUT2D eigenvalue weighted by molar-refractivity contribution is 5.07. The van der Waals surface area contributed by atoms with Crippen LogP contribution in [-0.4, -0.2) is 12.2 Å². The molecule has 0 aromatic rings. The first-order chi connectivity index (χ1) is 7.24. The van der Waals surface area contributed by atoms with Crippen LogP contribution in [0.3, 0.4) is 0 Å². The molecule has 0 radical (unpaired) electrons. The molecule has 2 aliphatic carbocycles. The highest BCUT2D eigenvalue weighted by Crippen LogP contribution is 2.51. The van der Waals surface area contributed by atoms with Crippen LogP contribution in [0.4, 0.5) is 0 Å². The quantitative estimate of drug-likeness (QED) is 0.695. The first-order valence-electron chi connectivity index (χ1n) is 6.29. The average Bonchev–Trinajstić information content (AvgIpc) is 2.72. The lowest BCUT2D eigenvalue weighted by Crippen LogP contribution is -2.39. The van der Waals surface area contributed by atoms with Gasteiger partial charge < -0.3 is 4.74 Å². The minimum atomic E-state index is -0.442. The van der Waals surface area contributed by atoms with Gasteiger partial charge in [0.1, 0.15) is 0 Å². The van der Waals surface area contributed by atoms with Gasteiger partial charge in [0, 0.05) is 6.61 Å². The summed E-state index contributed by atoms with van der Waals surface area (Å²) in [6.07, 6.45) is 9.90. The molecule has 2 nitrogen and oxygen atoms in total. The summed E-state index contributed by atoms with van der Waals surface area (Å²) in [6.45, 7) is 2.65. The van der Waals surface area contributed by atoms with Crippen LogP contribution >= 0.6 is 0 Å². The van der Waals surface area contributed by atoms with E-state index in [4.69, 9.17) is 4.74 Å². The zero-order valence-electron chi connectivity index (χ0n) is 9.72. The van der Waals surface area contributed by atoms with Gasteiger partial charge in [-0.05, 0) is 50.9 Å². The van der Waals surface area contributed by atoms with E-state index >= 15 is 0 Å². The maximum atomic E-state index is 9.23. The van der Waals surface area contributed by atoms with Crippen molar-refractivity contribution >= 4 is 0 Å². The Morgan fingerprint density at radius 2 is 1.67 bits per heavy atom. The van der Waals surface area contributed by atoms with Crippen molar-refractivity contribution in [3.8, 4) is 6.07 Å². The molecule has 15 heavy (non-hydrogen) atoms. The lowest BCUT2D eigenvalue weighted by Gasteiger charge is -2.41. The molecule has 0 bridgehead atoms. The maximum absolute atomic E-state index is 9.23. The monoisotopic (exact) mass is 207 g/mol. The predicted octanol–water partition coefficient (Wildman–Crippen LogP) is 3.42. The van der Waals surface area contributed by atoms with E-state index in [-0.39, 0.29) is 0 Å². The molecule has 0 amide bonds. The minimum Gasteiger partial charge on any atom is -0.360 e. The number of nitrogens with zero attached hydrogens (tertiary/aromatic N) is 1. The van der Waals surface area contributed by atoms with Crippen LogP contribution in [0.1, 0.15) is 58.3 Å². The summed E-state index contributed by atoms with van der Waals surface area (Å²) < 4.78 is 5.66. The minimum absolute atomic E-state index is 0.442. The normalized spacial score (nSPS) is 27.7. The van der Waals surface area contributed by atoms with Gasteiger partial charge >= 0.3 is 0 Å². The van der Waals surface area contributed by atoms with Crippen LogP contribution in [0, 0.1) is 16.7 Å². The molecule has 0 aromatic heterocycles. The fourth-order valence-electron chi connectivity index (χ4n) is 3.37. The number of hydrogen-bond acceptors (Lipinski definition) is 2. The summed E-state index contributed by atoms with van der Waals surface area (Å²) >= 11 is 0. The van der Waals surface area contributed by atoms with Crippen LogP contribution in [-0.2, 0) is 4.74 Å². The second kappa shape index (κ2) is 4.14. The molecule has 0 aromatic carbocycles. The Bertz CT molecular complexity index is 250. The molecule has 0 unspecified atom stereocenters. The standard InChI is InChI=1S/C13H21NO/c1-2-15-13(11-14)9-7-12(8-10-13)5-3-4-6-12/h2-10H2,1H3. The fraction of sp³-hybridized carbons (Fsp3) is 0.923. The zero-order chi connectivity index (χ0) is 10.8. The second-order valence-corrected chi connectivity index (χ2v) is 5.25. The van der Waals surface area contributed by atoms with Crippen LogP contribution in [0.5, 0.6) is 0 Å². The van der Waals surface area contributed by atoms with Crippen LogP contribution in [0.25, 0.3) is 0 Å². The van der Waals surface area contributed by atoms with E-state index in [9.17, 15) is 5.26 Å². The summed E-state index contributed by atoms with van der Waals surface area (Å²) in [7, 11) is 0. The van der Waals surface area contributed by atoms with E-state index in [0.717, 1.165) is 12.8 Å². The predicted molar refractivity (Wildman–Crippen MR) is 59.3 cm³/mol. The molecule has 2 rings (SSSR count). The number of ether oxygens (including phenoxy) is 1. The number of rotatable bonds is 2. The molecule has 2 heteroatoms. The Hall–Kier alpha value is -0.550. The van der Waals surface area contributed by atoms with Crippen molar-refractivity contribution in [2.24, 2.45) is 5.41 Å². The van der Waals surface area contributed by atoms with Crippen molar-refractivity contribution in [2.75, 3.05) is 6.61 Å². The molecular formula is C13H21NO. The Morgan fingerprint density at radius 3 is 2.13 bits per heavy atom. The van der Waals surface area contributed by atoms with E-state index in [1.807, 2.05) is 6.92 Å². The Morgan fingerprint density at radius 1 is 1.07 bits per heavy atom. The van der Waals surface area contributed by atoms with Gasteiger partial charge in [-0.25, -0.2) is 0 Å². The van der Waals surface area contributed by atoms with Gasteiger partial charge in [0.2, 0.25) is 0 Å². The van der Waals surface area contributed by atoms with Crippen molar-refractivity contribution in [2.45, 2.75) is 63.9 Å². The topological polar surface area (TPSA) is 33.0 Å². The summed E-state index contributed by atoms with van der Waals surface area (Å²) in [6, 6.07) is 2.40. The third kappa shape index (κ3) is 2.03. The molecule has 0 atom stereocenters. The highest BCUT2D eigenvalue weighted by Gasteiger charge is 2.44. The first-order valence-corrected chi connectivity index (χ1v) is 6.29. The van der Waals surface area contributed by atoms with Crippen molar-refractivity contribution in [1.82, 2.24) is 0 Å². The molecule has 84 valence electrons. The Kier molecular flexibility index (Phi) is 3.02. The third-order valence-electron chi connectivity index (χ3n) is 4.41. The van der Waals surface area contributed by atoms with E-state index in [1.165, 1.54) is 38.5 Å². The fourth-order valence-corrected chi connectivity index (χ4v) is 3.37. The molecule has 2 saturated carbocycles. The number of nitriles is 1. The van der Waals surface area contributed by atoms with Gasteiger partial charge in [-0.15, -0.1) is 0 Å². The summed E-state index contributed by atoms with van der Waals surface area (Å²) in [5, 5.41) is 9.23. The number of hydrogen-bond donors (Lipinski definition) is 0. The molecule has 1 spiro atoms. The van der Waals surface area contributed by atoms with Gasteiger partial charge in [0.25, 0.3) is 0 Å². The van der Waals surface area contributed by atoms with Crippen LogP contribution in [0.2, 0.25) is 0 Å². The molecule has 0 N–H and O–H groups in total. The molecule has 0 aliphatic heterocycles. The van der Waals surface area contributed by atoms with E-state index in [2.05, 4.69) is 6.07 Å². The summed E-state index contributed by atoms with van der Waals surface area (Å²) in [4.78, 5) is 0. The Labute approximate surface area is 92.6 Å². The van der Waals surface area contributed by atoms with Gasteiger partial charge in [0.05, 0.1) is 6.07 Å². The largest absolute Gasteiger partial charge is 0.360 e. The average molecular weight is 207 g/mol. The van der Waals surface area contributed by atoms with E-state index in [0.29, 0.717) is 12.0 Å². The van der Waals surface area contributed by atoms with Crippen molar-refractivity contribution in [3.63, 3.8) is 0 Å². The Balaban J connectivity index is 1.98. The SMILES string of the molecule is CCOC1(C#N)CCC2(CCCC2)CC1. The zero-order valence-corrected chi connectivity index (χ0v) is 9.72. The van der Waals surface area contributed by atoms with Gasteiger partial charge in [-0.2, -0.15) is 5.26 Å².